The van der Waals surface area contributed by atoms with E-state index in [4.69, 9.17) is 16.3 Å². The number of rotatable bonds is 6. The lowest BCUT2D eigenvalue weighted by molar-refractivity contribution is -0.114. The van der Waals surface area contributed by atoms with Crippen LogP contribution in [-0.2, 0) is 14.8 Å². The van der Waals surface area contributed by atoms with E-state index < -0.39 is 22.5 Å². The van der Waals surface area contributed by atoms with Crippen LogP contribution in [0.4, 0.5) is 11.4 Å². The minimum Gasteiger partial charge on any atom is -0.495 e. The van der Waals surface area contributed by atoms with E-state index in [1.807, 2.05) is 19.1 Å². The van der Waals surface area contributed by atoms with E-state index in [0.717, 1.165) is 16.1 Å². The van der Waals surface area contributed by atoms with Gasteiger partial charge in [0.25, 0.3) is 0 Å². The molecule has 0 heterocycles. The van der Waals surface area contributed by atoms with Crippen LogP contribution in [0, 0.1) is 6.92 Å². The van der Waals surface area contributed by atoms with Crippen LogP contribution in [0.1, 0.15) is 5.56 Å². The molecule has 0 aromatic heterocycles. The van der Waals surface area contributed by atoms with Gasteiger partial charge in [-0.15, -0.1) is 0 Å². The van der Waals surface area contributed by atoms with E-state index in [0.29, 0.717) is 16.5 Å². The van der Waals surface area contributed by atoms with E-state index in [9.17, 15) is 13.2 Å². The SMILES string of the molecule is COc1ccc(Cl)cc1N(CC(=O)Nc1ccc(C)cc1)S(C)(=O)=O. The highest BCUT2D eigenvalue weighted by atomic mass is 35.5. The van der Waals surface area contributed by atoms with Crippen LogP contribution in [0.3, 0.4) is 0 Å². The average Bonchev–Trinajstić information content (AvgIpc) is 2.54. The first-order valence-corrected chi connectivity index (χ1v) is 9.61. The summed E-state index contributed by atoms with van der Waals surface area (Å²) in [6.45, 7) is 1.53. The molecule has 25 heavy (non-hydrogen) atoms. The highest BCUT2D eigenvalue weighted by molar-refractivity contribution is 7.92. The molecule has 0 saturated carbocycles. The lowest BCUT2D eigenvalue weighted by Gasteiger charge is -2.24. The quantitative estimate of drug-likeness (QED) is 0.833. The molecule has 1 N–H and O–H groups in total. The predicted octanol–water partition coefficient (Wildman–Crippen LogP) is 3.06. The van der Waals surface area contributed by atoms with Gasteiger partial charge in [-0.25, -0.2) is 8.42 Å². The van der Waals surface area contributed by atoms with Crippen LogP contribution in [0.2, 0.25) is 5.02 Å². The number of sulfonamides is 1. The van der Waals surface area contributed by atoms with Crippen molar-refractivity contribution in [2.24, 2.45) is 0 Å². The maximum Gasteiger partial charge on any atom is 0.245 e. The molecule has 0 unspecified atom stereocenters. The molecule has 0 atom stereocenters. The van der Waals surface area contributed by atoms with Gasteiger partial charge in [-0.1, -0.05) is 29.3 Å². The van der Waals surface area contributed by atoms with Gasteiger partial charge >= 0.3 is 0 Å². The van der Waals surface area contributed by atoms with Gasteiger partial charge in [0.15, 0.2) is 0 Å². The first kappa shape index (κ1) is 19.1. The molecule has 0 radical (unpaired) electrons. The number of ether oxygens (including phenoxy) is 1. The van der Waals surface area contributed by atoms with E-state index >= 15 is 0 Å². The molecule has 0 aliphatic carbocycles. The number of carbonyl (C=O) groups is 1. The second kappa shape index (κ2) is 7.76. The van der Waals surface area contributed by atoms with Crippen LogP contribution in [0.15, 0.2) is 42.5 Å². The first-order valence-electron chi connectivity index (χ1n) is 7.38. The number of benzene rings is 2. The van der Waals surface area contributed by atoms with Gasteiger partial charge < -0.3 is 10.1 Å². The summed E-state index contributed by atoms with van der Waals surface area (Å²) in [5.41, 5.74) is 1.85. The Labute approximate surface area is 152 Å². The van der Waals surface area contributed by atoms with Crippen molar-refractivity contribution in [1.29, 1.82) is 0 Å². The summed E-state index contributed by atoms with van der Waals surface area (Å²) in [6, 6.07) is 11.8. The Bertz CT molecular complexity index is 867. The lowest BCUT2D eigenvalue weighted by Crippen LogP contribution is -2.37. The number of aryl methyl sites for hydroxylation is 1. The van der Waals surface area contributed by atoms with Crippen molar-refractivity contribution >= 4 is 38.9 Å². The van der Waals surface area contributed by atoms with Crippen LogP contribution in [0.5, 0.6) is 5.75 Å². The van der Waals surface area contributed by atoms with E-state index in [1.54, 1.807) is 24.3 Å². The highest BCUT2D eigenvalue weighted by Crippen LogP contribution is 2.32. The lowest BCUT2D eigenvalue weighted by atomic mass is 10.2. The van der Waals surface area contributed by atoms with Gasteiger partial charge in [0.1, 0.15) is 12.3 Å². The minimum absolute atomic E-state index is 0.205. The Morgan fingerprint density at radius 3 is 2.40 bits per heavy atom. The molecule has 0 bridgehead atoms. The standard InChI is InChI=1S/C17H19ClN2O4S/c1-12-4-7-14(8-5-12)19-17(21)11-20(25(3,22)23)15-10-13(18)6-9-16(15)24-2/h4-10H,11H2,1-3H3,(H,19,21). The fraction of sp³-hybridized carbons (Fsp3) is 0.235. The zero-order chi connectivity index (χ0) is 18.6. The molecular weight excluding hydrogens is 364 g/mol. The molecule has 2 aromatic rings. The topological polar surface area (TPSA) is 75.7 Å². The normalized spacial score (nSPS) is 11.0. The first-order chi connectivity index (χ1) is 11.7. The third-order valence-corrected chi connectivity index (χ3v) is 4.79. The van der Waals surface area contributed by atoms with Gasteiger partial charge in [-0.3, -0.25) is 9.10 Å². The van der Waals surface area contributed by atoms with Gasteiger partial charge in [-0.05, 0) is 37.3 Å². The van der Waals surface area contributed by atoms with Crippen molar-refractivity contribution in [3.05, 3.63) is 53.1 Å². The Kier molecular flexibility index (Phi) is 5.92. The number of methoxy groups -OCH3 is 1. The molecule has 2 rings (SSSR count). The number of hydrogen-bond acceptors (Lipinski definition) is 4. The Balaban J connectivity index is 2.29. The van der Waals surface area contributed by atoms with E-state index in [-0.39, 0.29) is 5.69 Å². The summed E-state index contributed by atoms with van der Waals surface area (Å²) in [4.78, 5) is 12.3. The van der Waals surface area contributed by atoms with Crippen molar-refractivity contribution in [3.8, 4) is 5.75 Å². The summed E-state index contributed by atoms with van der Waals surface area (Å²) in [5, 5.41) is 3.01. The summed E-state index contributed by atoms with van der Waals surface area (Å²) >= 11 is 5.97. The molecular formula is C17H19ClN2O4S. The van der Waals surface area contributed by atoms with E-state index in [2.05, 4.69) is 5.32 Å². The zero-order valence-electron chi connectivity index (χ0n) is 14.1. The number of nitrogens with zero attached hydrogens (tertiary/aromatic N) is 1. The molecule has 0 fully saturated rings. The predicted molar refractivity (Wildman–Crippen MR) is 100 cm³/mol. The van der Waals surface area contributed by atoms with Gasteiger partial charge in [0.05, 0.1) is 19.1 Å². The van der Waals surface area contributed by atoms with Gasteiger partial charge in [-0.2, -0.15) is 0 Å². The molecule has 6 nitrogen and oxygen atoms in total. The van der Waals surface area contributed by atoms with Gasteiger partial charge in [0.2, 0.25) is 15.9 Å². The summed E-state index contributed by atoms with van der Waals surface area (Å²) in [5.74, 6) is -0.172. The van der Waals surface area contributed by atoms with Crippen molar-refractivity contribution in [2.75, 3.05) is 29.5 Å². The monoisotopic (exact) mass is 382 g/mol. The number of halogens is 1. The molecule has 1 amide bonds. The Hall–Kier alpha value is -2.25. The fourth-order valence-electron chi connectivity index (χ4n) is 2.21. The molecule has 134 valence electrons. The van der Waals surface area contributed by atoms with Gasteiger partial charge in [0, 0.05) is 10.7 Å². The van der Waals surface area contributed by atoms with Crippen LogP contribution >= 0.6 is 11.6 Å². The molecule has 0 spiro atoms. The summed E-state index contributed by atoms with van der Waals surface area (Å²) in [7, 11) is -2.31. The number of amides is 1. The largest absolute Gasteiger partial charge is 0.495 e. The third kappa shape index (κ3) is 5.11. The molecule has 2 aromatic carbocycles. The third-order valence-electron chi connectivity index (χ3n) is 3.43. The van der Waals surface area contributed by atoms with Crippen molar-refractivity contribution < 1.29 is 17.9 Å². The van der Waals surface area contributed by atoms with Crippen LogP contribution < -0.4 is 14.4 Å². The number of anilines is 2. The number of nitrogens with one attached hydrogen (secondary N) is 1. The smallest absolute Gasteiger partial charge is 0.245 e. The zero-order valence-corrected chi connectivity index (χ0v) is 15.7. The maximum absolute atomic E-state index is 12.3. The summed E-state index contributed by atoms with van der Waals surface area (Å²) in [6.07, 6.45) is 1.02. The Morgan fingerprint density at radius 1 is 1.20 bits per heavy atom. The minimum atomic E-state index is -3.73. The molecule has 8 heteroatoms. The fourth-order valence-corrected chi connectivity index (χ4v) is 3.23. The summed E-state index contributed by atoms with van der Waals surface area (Å²) < 4.78 is 30.5. The van der Waals surface area contributed by atoms with Crippen LogP contribution in [0.25, 0.3) is 0 Å². The van der Waals surface area contributed by atoms with E-state index in [1.165, 1.54) is 13.2 Å². The van der Waals surface area contributed by atoms with Crippen molar-refractivity contribution in [2.45, 2.75) is 6.92 Å². The highest BCUT2D eigenvalue weighted by Gasteiger charge is 2.24. The second-order valence-electron chi connectivity index (χ2n) is 5.50. The Morgan fingerprint density at radius 2 is 1.84 bits per heavy atom. The van der Waals surface area contributed by atoms with Crippen LogP contribution in [-0.4, -0.2) is 34.2 Å². The van der Waals surface area contributed by atoms with Crippen molar-refractivity contribution in [1.82, 2.24) is 0 Å². The number of hydrogen-bond donors (Lipinski definition) is 1. The van der Waals surface area contributed by atoms with Crippen molar-refractivity contribution in [3.63, 3.8) is 0 Å². The number of carbonyl (C=O) groups excluding carboxylic acids is 1. The average molecular weight is 383 g/mol. The molecule has 0 aliphatic heterocycles. The molecule has 0 saturated heterocycles. The molecule has 0 aliphatic rings. The second-order valence-corrected chi connectivity index (χ2v) is 7.84. The maximum atomic E-state index is 12.3.